The van der Waals surface area contributed by atoms with Gasteiger partial charge in [0.1, 0.15) is 11.6 Å². The van der Waals surface area contributed by atoms with Crippen LogP contribution in [0.25, 0.3) is 16.7 Å². The molecule has 0 saturated heterocycles. The van der Waals surface area contributed by atoms with Crippen LogP contribution in [-0.4, -0.2) is 46.1 Å². The monoisotopic (exact) mass is 519 g/mol. The number of nitrogens with zero attached hydrogens (tertiary/aromatic N) is 2. The van der Waals surface area contributed by atoms with E-state index in [1.807, 2.05) is 36.7 Å². The maximum absolute atomic E-state index is 13.8. The summed E-state index contributed by atoms with van der Waals surface area (Å²) in [6.45, 7) is 5.65. The Bertz CT molecular complexity index is 1330. The number of aromatic nitrogens is 2. The molecule has 1 saturated carbocycles. The van der Waals surface area contributed by atoms with Crippen molar-refractivity contribution in [2.45, 2.75) is 77.3 Å². The summed E-state index contributed by atoms with van der Waals surface area (Å²) in [7, 11) is 1.71. The average molecular weight is 520 g/mol. The largest absolute Gasteiger partial charge is 0.344 e. The van der Waals surface area contributed by atoms with Crippen LogP contribution in [0.1, 0.15) is 69.4 Å². The molecule has 1 aromatic carbocycles. The molecule has 1 fully saturated rings. The van der Waals surface area contributed by atoms with E-state index in [1.165, 1.54) is 12.1 Å². The van der Waals surface area contributed by atoms with Crippen LogP contribution >= 0.6 is 0 Å². The Morgan fingerprint density at radius 2 is 1.92 bits per heavy atom. The Balaban J connectivity index is 1.64. The lowest BCUT2D eigenvalue weighted by molar-refractivity contribution is -0.127. The van der Waals surface area contributed by atoms with E-state index in [0.29, 0.717) is 12.2 Å². The molecule has 2 heterocycles. The van der Waals surface area contributed by atoms with E-state index in [0.717, 1.165) is 54.1 Å². The number of benzene rings is 1. The Morgan fingerprint density at radius 1 is 1.18 bits per heavy atom. The quantitative estimate of drug-likeness (QED) is 0.320. The van der Waals surface area contributed by atoms with Crippen LogP contribution in [0.5, 0.6) is 0 Å². The summed E-state index contributed by atoms with van der Waals surface area (Å²) < 4.78 is 15.8. The normalized spacial score (nSPS) is 16.7. The molecular formula is C30H38FN5O2. The van der Waals surface area contributed by atoms with Gasteiger partial charge >= 0.3 is 0 Å². The predicted molar refractivity (Wildman–Crippen MR) is 149 cm³/mol. The second kappa shape index (κ2) is 12.0. The highest BCUT2D eigenvalue weighted by molar-refractivity contribution is 6.42. The molecule has 8 heteroatoms. The van der Waals surface area contributed by atoms with E-state index in [1.54, 1.807) is 26.2 Å². The van der Waals surface area contributed by atoms with Crippen molar-refractivity contribution in [3.8, 4) is 5.82 Å². The van der Waals surface area contributed by atoms with Crippen LogP contribution in [-0.2, 0) is 9.59 Å². The van der Waals surface area contributed by atoms with E-state index < -0.39 is 18.0 Å². The molecule has 202 valence electrons. The molecule has 1 aliphatic rings. The first-order chi connectivity index (χ1) is 18.2. The van der Waals surface area contributed by atoms with Crippen molar-refractivity contribution < 1.29 is 14.0 Å². The van der Waals surface area contributed by atoms with Crippen LogP contribution in [0.3, 0.4) is 0 Å². The molecule has 38 heavy (non-hydrogen) atoms. The fourth-order valence-electron chi connectivity index (χ4n) is 5.56. The number of Topliss-reactive ketones (excluding diaryl/α,β-unsaturated/α-hetero) is 1. The number of hydrogen-bond acceptors (Lipinski definition) is 5. The Labute approximate surface area is 223 Å². The molecule has 3 N–H and O–H groups in total. The number of likely N-dealkylation sites (N-methyl/N-ethyl adjacent to an activating group) is 1. The van der Waals surface area contributed by atoms with Crippen molar-refractivity contribution in [2.75, 3.05) is 7.05 Å². The minimum Gasteiger partial charge on any atom is -0.344 e. The lowest BCUT2D eigenvalue weighted by atomic mass is 9.78. The van der Waals surface area contributed by atoms with Gasteiger partial charge in [-0.15, -0.1) is 0 Å². The van der Waals surface area contributed by atoms with Crippen LogP contribution in [0, 0.1) is 24.1 Å². The summed E-state index contributed by atoms with van der Waals surface area (Å²) in [5.41, 5.74) is 2.60. The SMILES string of the molecule is CC[C@H](C(=N)C(=O)[C@@H](NC(=O)[C@H](C)NC)C1CCCCC1)c1ccnc(-n2cc(C)c3cc(F)ccc32)c1. The molecule has 7 nitrogen and oxygen atoms in total. The van der Waals surface area contributed by atoms with Gasteiger partial charge in [0.05, 0.1) is 23.3 Å². The second-order valence-electron chi connectivity index (χ2n) is 10.4. The third kappa shape index (κ3) is 5.70. The zero-order chi connectivity index (χ0) is 27.4. The standard InChI is InChI=1S/C30H38FN5O2/c1-5-23(27(32)29(37)28(20-9-7-6-8-10-20)35-30(38)19(3)33-4)21-13-14-34-26(15-21)36-17-18(2)24-16-22(31)11-12-25(24)36/h11-17,19-20,23,28,32-33H,5-10H2,1-4H3,(H,35,38)/t19-,23-,28-/m0/s1. The number of fused-ring (bicyclic) bond motifs is 1. The molecule has 0 unspecified atom stereocenters. The number of hydrogen-bond donors (Lipinski definition) is 3. The lowest BCUT2D eigenvalue weighted by Crippen LogP contribution is -2.53. The summed E-state index contributed by atoms with van der Waals surface area (Å²) in [5, 5.41) is 15.7. The smallest absolute Gasteiger partial charge is 0.237 e. The van der Waals surface area contributed by atoms with Crippen molar-refractivity contribution in [3.63, 3.8) is 0 Å². The van der Waals surface area contributed by atoms with E-state index in [2.05, 4.69) is 15.6 Å². The van der Waals surface area contributed by atoms with Gasteiger partial charge in [0, 0.05) is 23.7 Å². The molecule has 1 aliphatic carbocycles. The van der Waals surface area contributed by atoms with Crippen molar-refractivity contribution in [3.05, 3.63) is 59.7 Å². The van der Waals surface area contributed by atoms with Crippen molar-refractivity contribution in [1.82, 2.24) is 20.2 Å². The van der Waals surface area contributed by atoms with Gasteiger partial charge in [-0.3, -0.25) is 9.59 Å². The topological polar surface area (TPSA) is 99.9 Å². The Kier molecular flexibility index (Phi) is 8.72. The molecule has 3 atom stereocenters. The highest BCUT2D eigenvalue weighted by Gasteiger charge is 2.36. The van der Waals surface area contributed by atoms with Crippen molar-refractivity contribution in [2.24, 2.45) is 5.92 Å². The maximum atomic E-state index is 13.8. The van der Waals surface area contributed by atoms with Gasteiger partial charge in [-0.05, 0) is 87.5 Å². The zero-order valence-electron chi connectivity index (χ0n) is 22.7. The molecule has 4 rings (SSSR count). The first-order valence-corrected chi connectivity index (χ1v) is 13.6. The highest BCUT2D eigenvalue weighted by atomic mass is 19.1. The number of pyridine rings is 1. The van der Waals surface area contributed by atoms with E-state index in [9.17, 15) is 14.0 Å². The summed E-state index contributed by atoms with van der Waals surface area (Å²) >= 11 is 0. The number of aryl methyl sites for hydroxylation is 1. The molecule has 0 bridgehead atoms. The van der Waals surface area contributed by atoms with Crippen LogP contribution in [0.4, 0.5) is 4.39 Å². The molecular weight excluding hydrogens is 481 g/mol. The number of carbonyl (C=O) groups excluding carboxylic acids is 2. The second-order valence-corrected chi connectivity index (χ2v) is 10.4. The third-order valence-electron chi connectivity index (χ3n) is 7.93. The molecule has 0 aliphatic heterocycles. The number of amides is 1. The van der Waals surface area contributed by atoms with Gasteiger partial charge in [-0.1, -0.05) is 26.2 Å². The summed E-state index contributed by atoms with van der Waals surface area (Å²) in [6, 6.07) is 7.29. The molecule has 0 radical (unpaired) electrons. The first kappa shape index (κ1) is 27.6. The first-order valence-electron chi connectivity index (χ1n) is 13.6. The predicted octanol–water partition coefficient (Wildman–Crippen LogP) is 5.23. The molecule has 3 aromatic rings. The summed E-state index contributed by atoms with van der Waals surface area (Å²) in [6.07, 6.45) is 9.09. The molecule has 0 spiro atoms. The fourth-order valence-corrected chi connectivity index (χ4v) is 5.56. The van der Waals surface area contributed by atoms with Crippen LogP contribution in [0.2, 0.25) is 0 Å². The van der Waals surface area contributed by atoms with Gasteiger partial charge in [0.2, 0.25) is 5.91 Å². The third-order valence-corrected chi connectivity index (χ3v) is 7.93. The van der Waals surface area contributed by atoms with Crippen LogP contribution in [0.15, 0.2) is 42.7 Å². The number of ketones is 1. The number of halogens is 1. The number of carbonyl (C=O) groups is 2. The number of nitrogens with one attached hydrogen (secondary N) is 3. The van der Waals surface area contributed by atoms with Crippen molar-refractivity contribution >= 4 is 28.3 Å². The fraction of sp³-hybridized carbons (Fsp3) is 0.467. The zero-order valence-corrected chi connectivity index (χ0v) is 22.7. The lowest BCUT2D eigenvalue weighted by Gasteiger charge is -2.32. The summed E-state index contributed by atoms with van der Waals surface area (Å²) in [4.78, 5) is 31.1. The van der Waals surface area contributed by atoms with Crippen molar-refractivity contribution in [1.29, 1.82) is 5.41 Å². The Morgan fingerprint density at radius 3 is 2.61 bits per heavy atom. The minimum absolute atomic E-state index is 0.00764. The number of rotatable bonds is 10. The van der Waals surface area contributed by atoms with Gasteiger partial charge in [0.25, 0.3) is 0 Å². The summed E-state index contributed by atoms with van der Waals surface area (Å²) in [5.74, 6) is -0.585. The van der Waals surface area contributed by atoms with E-state index >= 15 is 0 Å². The minimum atomic E-state index is -0.701. The Hall–Kier alpha value is -3.39. The van der Waals surface area contributed by atoms with E-state index in [4.69, 9.17) is 5.41 Å². The van der Waals surface area contributed by atoms with Gasteiger partial charge in [-0.2, -0.15) is 0 Å². The van der Waals surface area contributed by atoms with Gasteiger partial charge < -0.3 is 20.6 Å². The molecule has 2 aromatic heterocycles. The highest BCUT2D eigenvalue weighted by Crippen LogP contribution is 2.31. The maximum Gasteiger partial charge on any atom is 0.237 e. The van der Waals surface area contributed by atoms with Crippen LogP contribution < -0.4 is 10.6 Å². The average Bonchev–Trinajstić information content (AvgIpc) is 3.27. The van der Waals surface area contributed by atoms with Gasteiger partial charge in [-0.25, -0.2) is 9.37 Å². The van der Waals surface area contributed by atoms with Gasteiger partial charge in [0.15, 0.2) is 5.78 Å². The molecule has 1 amide bonds. The van der Waals surface area contributed by atoms with E-state index in [-0.39, 0.29) is 29.1 Å².